The van der Waals surface area contributed by atoms with Crippen molar-refractivity contribution in [1.29, 1.82) is 0 Å². The lowest BCUT2D eigenvalue weighted by atomic mass is 9.92. The molecule has 0 aromatic heterocycles. The van der Waals surface area contributed by atoms with Crippen molar-refractivity contribution < 1.29 is 19.7 Å². The van der Waals surface area contributed by atoms with Crippen LogP contribution in [0.25, 0.3) is 6.08 Å². The molecule has 2 atom stereocenters. The summed E-state index contributed by atoms with van der Waals surface area (Å²) in [6.45, 7) is 0.569. The van der Waals surface area contributed by atoms with Gasteiger partial charge < -0.3 is 19.7 Å². The fourth-order valence-electron chi connectivity index (χ4n) is 2.72. The maximum Gasteiger partial charge on any atom is 0.115 e. The van der Waals surface area contributed by atoms with E-state index in [1.165, 1.54) is 0 Å². The van der Waals surface area contributed by atoms with Gasteiger partial charge in [0.05, 0.1) is 12.7 Å². The molecule has 2 aromatic carbocycles. The van der Waals surface area contributed by atoms with E-state index in [9.17, 15) is 10.2 Å². The third-order valence-electron chi connectivity index (χ3n) is 3.93. The maximum atomic E-state index is 9.45. The number of hydrogen-bond acceptors (Lipinski definition) is 4. The number of allylic oxidation sites excluding steroid dienone is 1. The highest BCUT2D eigenvalue weighted by Gasteiger charge is 2.22. The SMILES string of the molecule is COC[C@H](C/C=C/c1ccc(O)cc1)[C@@H](OC)c1ccc(O)cc1. The molecule has 24 heavy (non-hydrogen) atoms. The Morgan fingerprint density at radius 1 is 0.917 bits per heavy atom. The first-order valence-electron chi connectivity index (χ1n) is 7.90. The second kappa shape index (κ2) is 9.11. The Bertz CT molecular complexity index is 632. The van der Waals surface area contributed by atoms with Gasteiger partial charge in [0.15, 0.2) is 0 Å². The van der Waals surface area contributed by atoms with Crippen LogP contribution in [-0.2, 0) is 9.47 Å². The number of rotatable bonds is 8. The fraction of sp³-hybridized carbons (Fsp3) is 0.300. The van der Waals surface area contributed by atoms with E-state index in [2.05, 4.69) is 6.08 Å². The van der Waals surface area contributed by atoms with Crippen LogP contribution in [0, 0.1) is 5.92 Å². The molecule has 128 valence electrons. The highest BCUT2D eigenvalue weighted by atomic mass is 16.5. The van der Waals surface area contributed by atoms with Gasteiger partial charge in [-0.15, -0.1) is 0 Å². The van der Waals surface area contributed by atoms with Crippen LogP contribution < -0.4 is 0 Å². The molecule has 2 aromatic rings. The van der Waals surface area contributed by atoms with Crippen molar-refractivity contribution >= 4 is 6.08 Å². The van der Waals surface area contributed by atoms with E-state index in [4.69, 9.17) is 9.47 Å². The number of phenolic OH excluding ortho intramolecular Hbond substituents is 2. The van der Waals surface area contributed by atoms with E-state index in [1.807, 2.05) is 30.3 Å². The second-order valence-corrected chi connectivity index (χ2v) is 5.69. The molecule has 4 heteroatoms. The molecule has 0 unspecified atom stereocenters. The Morgan fingerprint density at radius 3 is 2.04 bits per heavy atom. The van der Waals surface area contributed by atoms with Gasteiger partial charge in [-0.25, -0.2) is 0 Å². The smallest absolute Gasteiger partial charge is 0.115 e. The largest absolute Gasteiger partial charge is 0.508 e. The predicted octanol–water partition coefficient (Wildman–Crippen LogP) is 4.15. The number of methoxy groups -OCH3 is 2. The quantitative estimate of drug-likeness (QED) is 0.764. The molecule has 0 heterocycles. The number of hydrogen-bond donors (Lipinski definition) is 2. The van der Waals surface area contributed by atoms with Gasteiger partial charge >= 0.3 is 0 Å². The van der Waals surface area contributed by atoms with Crippen molar-refractivity contribution in [3.8, 4) is 11.5 Å². The standard InChI is InChI=1S/C20H24O4/c1-23-14-17(5-3-4-15-6-10-18(21)11-7-15)20(24-2)16-8-12-19(22)13-9-16/h3-4,6-13,17,20-22H,5,14H2,1-2H3/b4-3+/t17-,20-/m0/s1. The zero-order chi connectivity index (χ0) is 17.4. The average Bonchev–Trinajstić information content (AvgIpc) is 2.59. The summed E-state index contributed by atoms with van der Waals surface area (Å²) >= 11 is 0. The van der Waals surface area contributed by atoms with Crippen LogP contribution in [0.2, 0.25) is 0 Å². The molecule has 0 amide bonds. The van der Waals surface area contributed by atoms with Gasteiger partial charge in [0.2, 0.25) is 0 Å². The molecule has 0 spiro atoms. The highest BCUT2D eigenvalue weighted by Crippen LogP contribution is 2.30. The molecule has 2 N–H and O–H groups in total. The maximum absolute atomic E-state index is 9.45. The normalized spacial score (nSPS) is 13.9. The molecule has 0 saturated carbocycles. The summed E-state index contributed by atoms with van der Waals surface area (Å²) in [5, 5.41) is 18.8. The fourth-order valence-corrected chi connectivity index (χ4v) is 2.72. The van der Waals surface area contributed by atoms with Crippen LogP contribution in [0.3, 0.4) is 0 Å². The lowest BCUT2D eigenvalue weighted by Crippen LogP contribution is -2.19. The van der Waals surface area contributed by atoms with Gasteiger partial charge in [0.1, 0.15) is 11.5 Å². The summed E-state index contributed by atoms with van der Waals surface area (Å²) in [5.41, 5.74) is 2.04. The highest BCUT2D eigenvalue weighted by molar-refractivity contribution is 5.50. The van der Waals surface area contributed by atoms with Crippen molar-refractivity contribution in [2.24, 2.45) is 5.92 Å². The second-order valence-electron chi connectivity index (χ2n) is 5.69. The van der Waals surface area contributed by atoms with E-state index in [1.54, 1.807) is 38.5 Å². The Balaban J connectivity index is 2.08. The Hall–Kier alpha value is -2.30. The summed E-state index contributed by atoms with van der Waals surface area (Å²) in [5.74, 6) is 0.651. The Kier molecular flexibility index (Phi) is 6.85. The van der Waals surface area contributed by atoms with Crippen LogP contribution in [0.1, 0.15) is 23.7 Å². The first-order chi connectivity index (χ1) is 11.6. The summed E-state index contributed by atoms with van der Waals surface area (Å²) < 4.78 is 11.0. The zero-order valence-electron chi connectivity index (χ0n) is 14.1. The number of aromatic hydroxyl groups is 2. The minimum Gasteiger partial charge on any atom is -0.508 e. The molecule has 2 rings (SSSR count). The average molecular weight is 328 g/mol. The Labute approximate surface area is 143 Å². The lowest BCUT2D eigenvalue weighted by molar-refractivity contribution is 0.0142. The summed E-state index contributed by atoms with van der Waals surface area (Å²) in [4.78, 5) is 0. The molecule has 0 radical (unpaired) electrons. The van der Waals surface area contributed by atoms with Crippen LogP contribution in [-0.4, -0.2) is 31.0 Å². The van der Waals surface area contributed by atoms with E-state index >= 15 is 0 Å². The monoisotopic (exact) mass is 328 g/mol. The van der Waals surface area contributed by atoms with Gasteiger partial charge in [-0.05, 0) is 41.8 Å². The zero-order valence-corrected chi connectivity index (χ0v) is 14.1. The minimum absolute atomic E-state index is 0.116. The third kappa shape index (κ3) is 5.11. The molecule has 0 aliphatic heterocycles. The van der Waals surface area contributed by atoms with Crippen molar-refractivity contribution in [3.05, 3.63) is 65.7 Å². The number of benzene rings is 2. The summed E-state index contributed by atoms with van der Waals surface area (Å²) in [7, 11) is 3.37. The van der Waals surface area contributed by atoms with Gasteiger partial charge in [0, 0.05) is 20.1 Å². The van der Waals surface area contributed by atoms with Crippen molar-refractivity contribution in [2.45, 2.75) is 12.5 Å². The van der Waals surface area contributed by atoms with Crippen LogP contribution in [0.5, 0.6) is 11.5 Å². The van der Waals surface area contributed by atoms with Crippen LogP contribution in [0.4, 0.5) is 0 Å². The van der Waals surface area contributed by atoms with Crippen molar-refractivity contribution in [3.63, 3.8) is 0 Å². The van der Waals surface area contributed by atoms with E-state index in [-0.39, 0.29) is 23.5 Å². The van der Waals surface area contributed by atoms with E-state index in [0.29, 0.717) is 6.61 Å². The lowest BCUT2D eigenvalue weighted by Gasteiger charge is -2.25. The molecule has 0 aliphatic rings. The van der Waals surface area contributed by atoms with Crippen LogP contribution >= 0.6 is 0 Å². The molecule has 0 fully saturated rings. The number of phenols is 2. The van der Waals surface area contributed by atoms with Gasteiger partial charge in [-0.3, -0.25) is 0 Å². The first-order valence-corrected chi connectivity index (χ1v) is 7.90. The van der Waals surface area contributed by atoms with E-state index in [0.717, 1.165) is 17.5 Å². The van der Waals surface area contributed by atoms with Gasteiger partial charge in [0.25, 0.3) is 0 Å². The van der Waals surface area contributed by atoms with Crippen molar-refractivity contribution in [1.82, 2.24) is 0 Å². The topological polar surface area (TPSA) is 58.9 Å². The molecule has 0 saturated heterocycles. The van der Waals surface area contributed by atoms with Crippen molar-refractivity contribution in [2.75, 3.05) is 20.8 Å². The molecular weight excluding hydrogens is 304 g/mol. The first kappa shape index (κ1) is 18.0. The number of ether oxygens (including phenoxy) is 2. The summed E-state index contributed by atoms with van der Waals surface area (Å²) in [6, 6.07) is 14.1. The predicted molar refractivity (Wildman–Crippen MR) is 95.0 cm³/mol. The third-order valence-corrected chi connectivity index (χ3v) is 3.93. The van der Waals surface area contributed by atoms with Gasteiger partial charge in [-0.2, -0.15) is 0 Å². The minimum atomic E-state index is -0.116. The molecule has 0 aliphatic carbocycles. The molecule has 4 nitrogen and oxygen atoms in total. The Morgan fingerprint density at radius 2 is 1.50 bits per heavy atom. The molecular formula is C20H24O4. The summed E-state index contributed by atoms with van der Waals surface area (Å²) in [6.07, 6.45) is 4.78. The van der Waals surface area contributed by atoms with Gasteiger partial charge in [-0.1, -0.05) is 36.4 Å². The van der Waals surface area contributed by atoms with E-state index < -0.39 is 0 Å². The molecule has 0 bridgehead atoms. The van der Waals surface area contributed by atoms with Crippen LogP contribution in [0.15, 0.2) is 54.6 Å².